The maximum absolute atomic E-state index is 11.2. The molecule has 0 radical (unpaired) electrons. The van der Waals surface area contributed by atoms with E-state index in [9.17, 15) is 9.90 Å². The molecule has 2 rings (SSSR count). The smallest absolute Gasteiger partial charge is 0.337 e. The number of carboxylic acid groups (broad SMARTS) is 1. The molecule has 0 heterocycles. The highest BCUT2D eigenvalue weighted by atomic mass is 35.5. The summed E-state index contributed by atoms with van der Waals surface area (Å²) in [5.41, 5.74) is 1.57. The molecule has 0 saturated carbocycles. The number of anilines is 1. The zero-order valence-corrected chi connectivity index (χ0v) is 14.1. The van der Waals surface area contributed by atoms with Gasteiger partial charge in [0.1, 0.15) is 5.75 Å². The zero-order chi connectivity index (χ0) is 16.8. The Morgan fingerprint density at radius 2 is 2.04 bits per heavy atom. The number of nitrogens with one attached hydrogen (secondary N) is 1. The Bertz CT molecular complexity index is 704. The molecule has 0 spiro atoms. The van der Waals surface area contributed by atoms with Crippen LogP contribution in [0.3, 0.4) is 0 Å². The number of carbonyl (C=O) groups is 1. The van der Waals surface area contributed by atoms with Crippen molar-refractivity contribution in [2.45, 2.75) is 13.3 Å². The van der Waals surface area contributed by atoms with Crippen LogP contribution in [0.4, 0.5) is 5.69 Å². The number of carboxylic acids is 1. The number of rotatable bonds is 7. The summed E-state index contributed by atoms with van der Waals surface area (Å²) in [7, 11) is 0. The fourth-order valence-electron chi connectivity index (χ4n) is 2.10. The minimum absolute atomic E-state index is 0.0575. The number of hydrogen-bond acceptors (Lipinski definition) is 3. The predicted molar refractivity (Wildman–Crippen MR) is 93.2 cm³/mol. The molecule has 0 aliphatic carbocycles. The molecule has 0 saturated heterocycles. The number of aromatic carboxylic acids is 1. The fourth-order valence-corrected chi connectivity index (χ4v) is 2.66. The van der Waals surface area contributed by atoms with Crippen LogP contribution in [0.1, 0.15) is 22.3 Å². The minimum Gasteiger partial charge on any atom is -0.494 e. The van der Waals surface area contributed by atoms with Gasteiger partial charge in [0.25, 0.3) is 0 Å². The van der Waals surface area contributed by atoms with Crippen LogP contribution in [0.2, 0.25) is 10.0 Å². The first-order valence-electron chi connectivity index (χ1n) is 7.13. The summed E-state index contributed by atoms with van der Waals surface area (Å²) in [6, 6.07) is 10.7. The molecule has 6 heteroatoms. The average Bonchev–Trinajstić information content (AvgIpc) is 2.48. The molecule has 2 N–H and O–H groups in total. The van der Waals surface area contributed by atoms with E-state index in [4.69, 9.17) is 27.9 Å². The summed E-state index contributed by atoms with van der Waals surface area (Å²) in [4.78, 5) is 11.2. The lowest BCUT2D eigenvalue weighted by atomic mass is 10.1. The molecular formula is C17H17Cl2NO3. The Labute approximate surface area is 145 Å². The van der Waals surface area contributed by atoms with Crippen molar-refractivity contribution in [2.24, 2.45) is 0 Å². The molecule has 0 amide bonds. The van der Waals surface area contributed by atoms with Gasteiger partial charge in [0.2, 0.25) is 0 Å². The Morgan fingerprint density at radius 1 is 1.26 bits per heavy atom. The van der Waals surface area contributed by atoms with Crippen LogP contribution >= 0.6 is 23.2 Å². The van der Waals surface area contributed by atoms with E-state index < -0.39 is 5.97 Å². The van der Waals surface area contributed by atoms with E-state index in [2.05, 4.69) is 5.32 Å². The highest BCUT2D eigenvalue weighted by Gasteiger charge is 2.14. The van der Waals surface area contributed by atoms with Crippen molar-refractivity contribution in [1.82, 2.24) is 0 Å². The van der Waals surface area contributed by atoms with E-state index in [0.717, 1.165) is 11.3 Å². The summed E-state index contributed by atoms with van der Waals surface area (Å²) >= 11 is 11.9. The standard InChI is InChI=1S/C17H17Cl2NO3/c1-11-4-2-5-13(8-11)23-7-3-6-20-16-14(17(21)22)9-12(18)10-15(16)19/h2,4-5,8-10,20H,3,6-7H2,1H3,(H,21,22). The molecule has 122 valence electrons. The summed E-state index contributed by atoms with van der Waals surface area (Å²) < 4.78 is 5.64. The van der Waals surface area contributed by atoms with Crippen LogP contribution in [0.25, 0.3) is 0 Å². The molecule has 0 bridgehead atoms. The molecule has 23 heavy (non-hydrogen) atoms. The van der Waals surface area contributed by atoms with Crippen molar-refractivity contribution in [1.29, 1.82) is 0 Å². The van der Waals surface area contributed by atoms with E-state index in [1.165, 1.54) is 12.1 Å². The topological polar surface area (TPSA) is 58.6 Å². The molecule has 0 atom stereocenters. The SMILES string of the molecule is Cc1cccc(OCCCNc2c(Cl)cc(Cl)cc2C(=O)O)c1. The third kappa shape index (κ3) is 5.05. The van der Waals surface area contributed by atoms with Crippen LogP contribution in [0, 0.1) is 6.92 Å². The quantitative estimate of drug-likeness (QED) is 0.696. The van der Waals surface area contributed by atoms with Gasteiger partial charge in [-0.15, -0.1) is 0 Å². The number of halogens is 2. The van der Waals surface area contributed by atoms with Crippen molar-refractivity contribution in [3.8, 4) is 5.75 Å². The molecule has 2 aromatic carbocycles. The summed E-state index contributed by atoms with van der Waals surface area (Å²) in [6.07, 6.45) is 0.700. The van der Waals surface area contributed by atoms with E-state index >= 15 is 0 Å². The largest absolute Gasteiger partial charge is 0.494 e. The van der Waals surface area contributed by atoms with Gasteiger partial charge < -0.3 is 15.2 Å². The maximum atomic E-state index is 11.2. The summed E-state index contributed by atoms with van der Waals surface area (Å²) in [5.74, 6) is -0.256. The molecule has 0 aromatic heterocycles. The van der Waals surface area contributed by atoms with E-state index in [-0.39, 0.29) is 10.6 Å². The van der Waals surface area contributed by atoms with Crippen molar-refractivity contribution < 1.29 is 14.6 Å². The van der Waals surface area contributed by atoms with Gasteiger partial charge in [0.15, 0.2) is 0 Å². The molecule has 0 unspecified atom stereocenters. The van der Waals surface area contributed by atoms with Gasteiger partial charge in [-0.2, -0.15) is 0 Å². The highest BCUT2D eigenvalue weighted by molar-refractivity contribution is 6.37. The lowest BCUT2D eigenvalue weighted by molar-refractivity contribution is 0.0698. The molecule has 0 fully saturated rings. The van der Waals surface area contributed by atoms with Gasteiger partial charge in [-0.1, -0.05) is 35.3 Å². The van der Waals surface area contributed by atoms with Crippen LogP contribution in [-0.2, 0) is 0 Å². The first-order chi connectivity index (χ1) is 11.0. The van der Waals surface area contributed by atoms with Crippen LogP contribution in [-0.4, -0.2) is 24.2 Å². The summed E-state index contributed by atoms with van der Waals surface area (Å²) in [6.45, 7) is 3.06. The van der Waals surface area contributed by atoms with Gasteiger partial charge in [-0.05, 0) is 43.2 Å². The van der Waals surface area contributed by atoms with Crippen molar-refractivity contribution in [3.05, 3.63) is 57.6 Å². The monoisotopic (exact) mass is 353 g/mol. The number of benzene rings is 2. The van der Waals surface area contributed by atoms with Crippen molar-refractivity contribution >= 4 is 34.9 Å². The molecule has 0 aliphatic heterocycles. The first kappa shape index (κ1) is 17.4. The third-order valence-corrected chi connectivity index (χ3v) is 3.68. The Kier molecular flexibility index (Phi) is 6.13. The van der Waals surface area contributed by atoms with Gasteiger partial charge in [0.05, 0.1) is 22.9 Å². The van der Waals surface area contributed by atoms with Gasteiger partial charge in [-0.3, -0.25) is 0 Å². The fraction of sp³-hybridized carbons (Fsp3) is 0.235. The number of ether oxygens (including phenoxy) is 1. The maximum Gasteiger partial charge on any atom is 0.337 e. The average molecular weight is 354 g/mol. The van der Waals surface area contributed by atoms with Crippen LogP contribution < -0.4 is 10.1 Å². The van der Waals surface area contributed by atoms with Crippen molar-refractivity contribution in [2.75, 3.05) is 18.5 Å². The van der Waals surface area contributed by atoms with Gasteiger partial charge in [-0.25, -0.2) is 4.79 Å². The molecule has 4 nitrogen and oxygen atoms in total. The predicted octanol–water partition coefficient (Wildman–Crippen LogP) is 4.88. The van der Waals surface area contributed by atoms with Crippen LogP contribution in [0.5, 0.6) is 5.75 Å². The van der Waals surface area contributed by atoms with Gasteiger partial charge in [0, 0.05) is 11.6 Å². The second-order valence-corrected chi connectivity index (χ2v) is 5.90. The molecule has 0 aliphatic rings. The first-order valence-corrected chi connectivity index (χ1v) is 7.88. The van der Waals surface area contributed by atoms with Crippen LogP contribution in [0.15, 0.2) is 36.4 Å². The third-order valence-electron chi connectivity index (χ3n) is 3.17. The van der Waals surface area contributed by atoms with Gasteiger partial charge >= 0.3 is 5.97 Å². The normalized spacial score (nSPS) is 10.4. The Hall–Kier alpha value is -1.91. The molecule has 2 aromatic rings. The number of aryl methyl sites for hydroxylation is 1. The van der Waals surface area contributed by atoms with E-state index in [1.807, 2.05) is 31.2 Å². The lowest BCUT2D eigenvalue weighted by Gasteiger charge is -2.12. The Balaban J connectivity index is 1.88. The zero-order valence-electron chi connectivity index (χ0n) is 12.6. The van der Waals surface area contributed by atoms with Crippen molar-refractivity contribution in [3.63, 3.8) is 0 Å². The Morgan fingerprint density at radius 3 is 2.74 bits per heavy atom. The van der Waals surface area contributed by atoms with E-state index in [0.29, 0.717) is 30.3 Å². The summed E-state index contributed by atoms with van der Waals surface area (Å²) in [5, 5.41) is 12.8. The van der Waals surface area contributed by atoms with E-state index in [1.54, 1.807) is 0 Å². The second kappa shape index (κ2) is 8.09. The second-order valence-electron chi connectivity index (χ2n) is 5.06. The minimum atomic E-state index is -1.08. The highest BCUT2D eigenvalue weighted by Crippen LogP contribution is 2.30. The lowest BCUT2D eigenvalue weighted by Crippen LogP contribution is -2.11. The number of hydrogen-bond donors (Lipinski definition) is 2. The molecular weight excluding hydrogens is 337 g/mol.